The van der Waals surface area contributed by atoms with E-state index in [9.17, 15) is 9.18 Å². The van der Waals surface area contributed by atoms with E-state index in [0.29, 0.717) is 27.5 Å². The minimum absolute atomic E-state index is 0.331. The normalized spacial score (nSPS) is 10.8. The number of carbonyl (C=O) groups is 1. The lowest BCUT2D eigenvalue weighted by Gasteiger charge is -2.06. The second-order valence-corrected chi connectivity index (χ2v) is 4.76. The molecule has 0 bridgehead atoms. The Morgan fingerprint density at radius 2 is 1.90 bits per heavy atom. The molecule has 0 atom stereocenters. The Hall–Kier alpha value is -2.33. The number of benzene rings is 2. The second kappa shape index (κ2) is 6.41. The Labute approximate surface area is 126 Å². The van der Waals surface area contributed by atoms with E-state index in [1.54, 1.807) is 42.5 Å². The third-order valence-electron chi connectivity index (χ3n) is 2.92. The van der Waals surface area contributed by atoms with Crippen molar-refractivity contribution in [3.8, 4) is 5.75 Å². The van der Waals surface area contributed by atoms with E-state index in [0.717, 1.165) is 0 Å². The van der Waals surface area contributed by atoms with Gasteiger partial charge in [-0.1, -0.05) is 29.8 Å². The molecule has 0 saturated heterocycles. The molecule has 0 aliphatic carbocycles. The van der Waals surface area contributed by atoms with Gasteiger partial charge in [-0.25, -0.2) is 4.39 Å². The lowest BCUT2D eigenvalue weighted by Crippen LogP contribution is -2.10. The predicted octanol–water partition coefficient (Wildman–Crippen LogP) is 3.76. The van der Waals surface area contributed by atoms with Gasteiger partial charge in [0.2, 0.25) is 5.91 Å². The van der Waals surface area contributed by atoms with Gasteiger partial charge in [-0.2, -0.15) is 0 Å². The smallest absolute Gasteiger partial charge is 0.248 e. The molecular formula is C16H13ClFNO2. The Balaban J connectivity index is 2.39. The van der Waals surface area contributed by atoms with Crippen LogP contribution in [-0.2, 0) is 0 Å². The summed E-state index contributed by atoms with van der Waals surface area (Å²) in [5.41, 5.74) is 6.61. The third-order valence-corrected chi connectivity index (χ3v) is 3.15. The van der Waals surface area contributed by atoms with Crippen LogP contribution in [0.2, 0.25) is 5.02 Å². The van der Waals surface area contributed by atoms with Crippen LogP contribution in [-0.4, -0.2) is 13.0 Å². The molecule has 2 N–H and O–H groups in total. The number of halogens is 2. The number of carbonyl (C=O) groups excluding carboxylic acids is 1. The quantitative estimate of drug-likeness (QED) is 0.874. The molecule has 0 radical (unpaired) electrons. The van der Waals surface area contributed by atoms with E-state index in [2.05, 4.69) is 0 Å². The Bertz CT molecular complexity index is 713. The summed E-state index contributed by atoms with van der Waals surface area (Å²) in [4.78, 5) is 11.2. The van der Waals surface area contributed by atoms with Crippen LogP contribution in [0, 0.1) is 5.82 Å². The van der Waals surface area contributed by atoms with Crippen molar-refractivity contribution in [1.82, 2.24) is 0 Å². The molecular weight excluding hydrogens is 293 g/mol. The van der Waals surface area contributed by atoms with E-state index in [1.165, 1.54) is 13.2 Å². The number of rotatable bonds is 4. The van der Waals surface area contributed by atoms with Gasteiger partial charge in [-0.15, -0.1) is 0 Å². The van der Waals surface area contributed by atoms with Gasteiger partial charge >= 0.3 is 0 Å². The molecule has 2 aromatic rings. The highest BCUT2D eigenvalue weighted by Gasteiger charge is 2.06. The summed E-state index contributed by atoms with van der Waals surface area (Å²) in [6, 6.07) is 9.20. The Kier molecular flexibility index (Phi) is 4.60. The summed E-state index contributed by atoms with van der Waals surface area (Å²) in [5.74, 6) is -0.403. The standard InChI is InChI=1S/C16H13ClFNO2/c1-21-15-7-5-12(16(19)20)8-11(15)3-2-10-4-6-13(17)9-14(10)18/h2-9H,1H3,(H2,19,20)/b3-2+. The van der Waals surface area contributed by atoms with Crippen molar-refractivity contribution in [2.75, 3.05) is 7.11 Å². The summed E-state index contributed by atoms with van der Waals surface area (Å²) < 4.78 is 18.9. The van der Waals surface area contributed by atoms with Crippen LogP contribution in [0.5, 0.6) is 5.75 Å². The molecule has 0 aliphatic rings. The molecule has 0 aliphatic heterocycles. The predicted molar refractivity (Wildman–Crippen MR) is 81.8 cm³/mol. The molecule has 0 unspecified atom stereocenters. The minimum Gasteiger partial charge on any atom is -0.496 e. The van der Waals surface area contributed by atoms with E-state index in [-0.39, 0.29) is 0 Å². The maximum Gasteiger partial charge on any atom is 0.248 e. The SMILES string of the molecule is COc1ccc(C(N)=O)cc1/C=C/c1ccc(Cl)cc1F. The molecule has 3 nitrogen and oxygen atoms in total. The number of nitrogens with two attached hydrogens (primary N) is 1. The van der Waals surface area contributed by atoms with Crippen LogP contribution in [0.3, 0.4) is 0 Å². The average Bonchev–Trinajstić information content (AvgIpc) is 2.46. The van der Waals surface area contributed by atoms with Gasteiger partial charge in [-0.05, 0) is 30.3 Å². The summed E-state index contributed by atoms with van der Waals surface area (Å²) in [5, 5.41) is 0.331. The van der Waals surface area contributed by atoms with Crippen LogP contribution in [0.25, 0.3) is 12.2 Å². The van der Waals surface area contributed by atoms with Gasteiger partial charge in [0, 0.05) is 21.7 Å². The summed E-state index contributed by atoms with van der Waals surface area (Å²) >= 11 is 5.70. The number of hydrogen-bond acceptors (Lipinski definition) is 2. The first-order chi connectivity index (χ1) is 10.0. The number of methoxy groups -OCH3 is 1. The average molecular weight is 306 g/mol. The van der Waals surface area contributed by atoms with Crippen molar-refractivity contribution in [3.63, 3.8) is 0 Å². The Morgan fingerprint density at radius 1 is 1.19 bits per heavy atom. The zero-order chi connectivity index (χ0) is 15.4. The van der Waals surface area contributed by atoms with Crippen LogP contribution in [0.15, 0.2) is 36.4 Å². The highest BCUT2D eigenvalue weighted by molar-refractivity contribution is 6.30. The molecule has 2 aromatic carbocycles. The maximum absolute atomic E-state index is 13.7. The third kappa shape index (κ3) is 3.61. The van der Waals surface area contributed by atoms with Gasteiger partial charge < -0.3 is 10.5 Å². The van der Waals surface area contributed by atoms with E-state index in [1.807, 2.05) is 0 Å². The highest BCUT2D eigenvalue weighted by atomic mass is 35.5. The van der Waals surface area contributed by atoms with Crippen molar-refractivity contribution in [2.24, 2.45) is 5.73 Å². The van der Waals surface area contributed by atoms with Crippen LogP contribution in [0.4, 0.5) is 4.39 Å². The van der Waals surface area contributed by atoms with Gasteiger partial charge in [0.05, 0.1) is 7.11 Å². The molecule has 0 saturated carbocycles. The second-order valence-electron chi connectivity index (χ2n) is 4.32. The molecule has 21 heavy (non-hydrogen) atoms. The summed E-state index contributed by atoms with van der Waals surface area (Å²) in [6.07, 6.45) is 3.23. The molecule has 0 heterocycles. The zero-order valence-electron chi connectivity index (χ0n) is 11.3. The summed E-state index contributed by atoms with van der Waals surface area (Å²) in [6.45, 7) is 0. The van der Waals surface area contributed by atoms with E-state index in [4.69, 9.17) is 22.1 Å². The summed E-state index contributed by atoms with van der Waals surface area (Å²) in [7, 11) is 1.51. The topological polar surface area (TPSA) is 52.3 Å². The van der Waals surface area contributed by atoms with Gasteiger partial charge in [0.1, 0.15) is 11.6 Å². The van der Waals surface area contributed by atoms with Crippen LogP contribution in [0.1, 0.15) is 21.5 Å². The van der Waals surface area contributed by atoms with Crippen LogP contribution < -0.4 is 10.5 Å². The minimum atomic E-state index is -0.537. The van der Waals surface area contributed by atoms with Gasteiger partial charge in [-0.3, -0.25) is 4.79 Å². The fraction of sp³-hybridized carbons (Fsp3) is 0.0625. The first-order valence-corrected chi connectivity index (χ1v) is 6.50. The van der Waals surface area contributed by atoms with E-state index < -0.39 is 11.7 Å². The molecule has 2 rings (SSSR count). The fourth-order valence-electron chi connectivity index (χ4n) is 1.83. The largest absolute Gasteiger partial charge is 0.496 e. The number of amides is 1. The van der Waals surface area contributed by atoms with Gasteiger partial charge in [0.25, 0.3) is 0 Å². The Morgan fingerprint density at radius 3 is 2.52 bits per heavy atom. The molecule has 0 aromatic heterocycles. The molecule has 0 spiro atoms. The van der Waals surface area contributed by atoms with Crippen molar-refractivity contribution >= 4 is 29.7 Å². The van der Waals surface area contributed by atoms with E-state index >= 15 is 0 Å². The molecule has 5 heteroatoms. The molecule has 108 valence electrons. The lowest BCUT2D eigenvalue weighted by atomic mass is 10.1. The number of hydrogen-bond donors (Lipinski definition) is 1. The fourth-order valence-corrected chi connectivity index (χ4v) is 1.99. The molecule has 0 fully saturated rings. The lowest BCUT2D eigenvalue weighted by molar-refractivity contribution is 0.1000. The molecule has 1 amide bonds. The van der Waals surface area contributed by atoms with Crippen molar-refractivity contribution in [1.29, 1.82) is 0 Å². The first kappa shape index (κ1) is 15.1. The first-order valence-electron chi connectivity index (χ1n) is 6.12. The van der Waals surface area contributed by atoms with Crippen LogP contribution >= 0.6 is 11.6 Å². The zero-order valence-corrected chi connectivity index (χ0v) is 12.0. The monoisotopic (exact) mass is 305 g/mol. The number of primary amides is 1. The number of ether oxygens (including phenoxy) is 1. The highest BCUT2D eigenvalue weighted by Crippen LogP contribution is 2.23. The van der Waals surface area contributed by atoms with Crippen molar-refractivity contribution < 1.29 is 13.9 Å². The van der Waals surface area contributed by atoms with Crippen molar-refractivity contribution in [3.05, 3.63) is 63.9 Å². The maximum atomic E-state index is 13.7. The van der Waals surface area contributed by atoms with Gasteiger partial charge in [0.15, 0.2) is 0 Å². The van der Waals surface area contributed by atoms with Crippen molar-refractivity contribution in [2.45, 2.75) is 0 Å².